The van der Waals surface area contributed by atoms with Gasteiger partial charge in [0.1, 0.15) is 0 Å². The van der Waals surface area contributed by atoms with E-state index in [0.29, 0.717) is 31.6 Å². The predicted molar refractivity (Wildman–Crippen MR) is 92.8 cm³/mol. The molecule has 0 spiro atoms. The van der Waals surface area contributed by atoms with E-state index in [-0.39, 0.29) is 5.92 Å². The van der Waals surface area contributed by atoms with Gasteiger partial charge in [-0.2, -0.15) is 0 Å². The summed E-state index contributed by atoms with van der Waals surface area (Å²) in [5.74, 6) is 0.880. The number of hydrogen-bond acceptors (Lipinski definition) is 4. The molecule has 1 aromatic carbocycles. The average molecular weight is 332 g/mol. The number of hydrogen-bond donors (Lipinski definition) is 1. The van der Waals surface area contributed by atoms with E-state index < -0.39 is 6.10 Å². The SMILES string of the molecule is CCOCC(O)CN1CCN(C(=O)C2CC2c2ccccc2)CC1. The van der Waals surface area contributed by atoms with Gasteiger partial charge in [0.25, 0.3) is 0 Å². The van der Waals surface area contributed by atoms with E-state index in [2.05, 4.69) is 17.0 Å². The summed E-state index contributed by atoms with van der Waals surface area (Å²) in [5, 5.41) is 9.92. The molecule has 2 fully saturated rings. The van der Waals surface area contributed by atoms with Gasteiger partial charge < -0.3 is 14.7 Å². The topological polar surface area (TPSA) is 53.0 Å². The first kappa shape index (κ1) is 17.4. The third kappa shape index (κ3) is 4.35. The Morgan fingerprint density at radius 3 is 2.62 bits per heavy atom. The maximum absolute atomic E-state index is 12.7. The van der Waals surface area contributed by atoms with Gasteiger partial charge in [-0.25, -0.2) is 0 Å². The number of piperazine rings is 1. The summed E-state index contributed by atoms with van der Waals surface area (Å²) in [5.41, 5.74) is 1.29. The minimum absolute atomic E-state index is 0.169. The molecule has 132 valence electrons. The van der Waals surface area contributed by atoms with Crippen LogP contribution < -0.4 is 0 Å². The molecule has 3 atom stereocenters. The highest BCUT2D eigenvalue weighted by Gasteiger charge is 2.45. The van der Waals surface area contributed by atoms with E-state index in [4.69, 9.17) is 4.74 Å². The van der Waals surface area contributed by atoms with Gasteiger partial charge in [0.05, 0.1) is 12.7 Å². The van der Waals surface area contributed by atoms with Crippen LogP contribution in [0.5, 0.6) is 0 Å². The van der Waals surface area contributed by atoms with Gasteiger partial charge in [-0.05, 0) is 24.8 Å². The van der Waals surface area contributed by atoms with E-state index in [9.17, 15) is 9.90 Å². The van der Waals surface area contributed by atoms with E-state index in [1.807, 2.05) is 30.0 Å². The second-order valence-corrected chi connectivity index (χ2v) is 6.80. The average Bonchev–Trinajstić information content (AvgIpc) is 3.41. The van der Waals surface area contributed by atoms with Crippen molar-refractivity contribution in [3.63, 3.8) is 0 Å². The molecule has 1 heterocycles. The van der Waals surface area contributed by atoms with Crippen LogP contribution in [0.2, 0.25) is 0 Å². The maximum atomic E-state index is 12.7. The highest BCUT2D eigenvalue weighted by molar-refractivity contribution is 5.83. The molecule has 1 N–H and O–H groups in total. The smallest absolute Gasteiger partial charge is 0.226 e. The molecule has 1 aromatic rings. The molecule has 0 radical (unpaired) electrons. The van der Waals surface area contributed by atoms with Gasteiger partial charge in [0.15, 0.2) is 0 Å². The fourth-order valence-electron chi connectivity index (χ4n) is 3.53. The Kier molecular flexibility index (Phi) is 5.87. The molecule has 1 aliphatic carbocycles. The summed E-state index contributed by atoms with van der Waals surface area (Å²) in [6, 6.07) is 10.3. The Bertz CT molecular complexity index is 529. The van der Waals surface area contributed by atoms with E-state index in [1.165, 1.54) is 5.56 Å². The largest absolute Gasteiger partial charge is 0.389 e. The van der Waals surface area contributed by atoms with Gasteiger partial charge in [0, 0.05) is 45.2 Å². The van der Waals surface area contributed by atoms with Crippen LogP contribution in [0.4, 0.5) is 0 Å². The summed E-state index contributed by atoms with van der Waals surface area (Å²) in [7, 11) is 0. The third-order valence-corrected chi connectivity index (χ3v) is 5.00. The summed E-state index contributed by atoms with van der Waals surface area (Å²) in [6.07, 6.45) is 0.536. The van der Waals surface area contributed by atoms with Crippen LogP contribution in [0.25, 0.3) is 0 Å². The van der Waals surface area contributed by atoms with Crippen LogP contribution in [0.1, 0.15) is 24.8 Å². The Hall–Kier alpha value is -1.43. The lowest BCUT2D eigenvalue weighted by molar-refractivity contribution is -0.134. The molecule has 2 aliphatic rings. The Morgan fingerprint density at radius 1 is 1.25 bits per heavy atom. The van der Waals surface area contributed by atoms with Crippen molar-refractivity contribution >= 4 is 5.91 Å². The second kappa shape index (κ2) is 8.10. The van der Waals surface area contributed by atoms with Gasteiger partial charge >= 0.3 is 0 Å². The molecule has 5 heteroatoms. The van der Waals surface area contributed by atoms with Gasteiger partial charge in [-0.15, -0.1) is 0 Å². The Morgan fingerprint density at radius 2 is 1.96 bits per heavy atom. The molecule has 1 saturated heterocycles. The van der Waals surface area contributed by atoms with Gasteiger partial charge in [-0.1, -0.05) is 30.3 Å². The minimum atomic E-state index is -0.446. The van der Waals surface area contributed by atoms with E-state index >= 15 is 0 Å². The first-order chi connectivity index (χ1) is 11.7. The van der Waals surface area contributed by atoms with Gasteiger partial charge in [0.2, 0.25) is 5.91 Å². The van der Waals surface area contributed by atoms with Crippen molar-refractivity contribution in [2.24, 2.45) is 5.92 Å². The summed E-state index contributed by atoms with van der Waals surface area (Å²) >= 11 is 0. The number of β-amino-alcohol motifs (C(OH)–C–C–N with tert-alkyl or cyclic N) is 1. The highest BCUT2D eigenvalue weighted by atomic mass is 16.5. The van der Waals surface area contributed by atoms with Crippen molar-refractivity contribution in [2.75, 3.05) is 45.9 Å². The number of amides is 1. The predicted octanol–water partition coefficient (Wildman–Crippen LogP) is 1.33. The maximum Gasteiger partial charge on any atom is 0.226 e. The van der Waals surface area contributed by atoms with Crippen LogP contribution >= 0.6 is 0 Å². The number of benzene rings is 1. The van der Waals surface area contributed by atoms with Crippen LogP contribution in [-0.2, 0) is 9.53 Å². The molecule has 1 aliphatic heterocycles. The number of aliphatic hydroxyl groups is 1. The number of nitrogens with zero attached hydrogens (tertiary/aromatic N) is 2. The minimum Gasteiger partial charge on any atom is -0.389 e. The van der Waals surface area contributed by atoms with Crippen molar-refractivity contribution in [3.05, 3.63) is 35.9 Å². The van der Waals surface area contributed by atoms with Crippen molar-refractivity contribution < 1.29 is 14.6 Å². The highest BCUT2D eigenvalue weighted by Crippen LogP contribution is 2.48. The lowest BCUT2D eigenvalue weighted by atomic mass is 10.1. The number of aliphatic hydroxyl groups excluding tert-OH is 1. The zero-order chi connectivity index (χ0) is 16.9. The lowest BCUT2D eigenvalue weighted by Gasteiger charge is -2.35. The Balaban J connectivity index is 1.41. The fourth-order valence-corrected chi connectivity index (χ4v) is 3.53. The quantitative estimate of drug-likeness (QED) is 0.818. The van der Waals surface area contributed by atoms with Crippen molar-refractivity contribution in [1.82, 2.24) is 9.80 Å². The standard InChI is InChI=1S/C19H28N2O3/c1-2-24-14-16(22)13-20-8-10-21(11-9-20)19(23)18-12-17(18)15-6-4-3-5-7-15/h3-7,16-18,22H,2,8-14H2,1H3. The lowest BCUT2D eigenvalue weighted by Crippen LogP contribution is -2.51. The molecule has 0 bridgehead atoms. The van der Waals surface area contributed by atoms with Crippen LogP contribution in [0.3, 0.4) is 0 Å². The van der Waals surface area contributed by atoms with Crippen LogP contribution in [0, 0.1) is 5.92 Å². The molecule has 1 amide bonds. The van der Waals surface area contributed by atoms with Crippen LogP contribution in [0.15, 0.2) is 30.3 Å². The molecule has 24 heavy (non-hydrogen) atoms. The first-order valence-corrected chi connectivity index (χ1v) is 9.01. The summed E-state index contributed by atoms with van der Waals surface area (Å²) < 4.78 is 5.25. The number of carbonyl (C=O) groups is 1. The van der Waals surface area contributed by atoms with Crippen LogP contribution in [-0.4, -0.2) is 72.9 Å². The molecule has 0 aromatic heterocycles. The molecular formula is C19H28N2O3. The third-order valence-electron chi connectivity index (χ3n) is 5.00. The van der Waals surface area contributed by atoms with Crippen molar-refractivity contribution in [3.8, 4) is 0 Å². The number of ether oxygens (including phenoxy) is 1. The zero-order valence-electron chi connectivity index (χ0n) is 14.4. The fraction of sp³-hybridized carbons (Fsp3) is 0.632. The Labute approximate surface area is 144 Å². The normalized spacial score (nSPS) is 25.5. The molecule has 1 saturated carbocycles. The second-order valence-electron chi connectivity index (χ2n) is 6.80. The van der Waals surface area contributed by atoms with E-state index in [1.54, 1.807) is 0 Å². The monoisotopic (exact) mass is 332 g/mol. The van der Waals surface area contributed by atoms with Crippen molar-refractivity contribution in [2.45, 2.75) is 25.4 Å². The number of rotatable bonds is 7. The zero-order valence-corrected chi connectivity index (χ0v) is 14.4. The summed E-state index contributed by atoms with van der Waals surface area (Å²) in [6.45, 7) is 6.75. The molecular weight excluding hydrogens is 304 g/mol. The van der Waals surface area contributed by atoms with Crippen molar-refractivity contribution in [1.29, 1.82) is 0 Å². The first-order valence-electron chi connectivity index (χ1n) is 9.01. The van der Waals surface area contributed by atoms with E-state index in [0.717, 1.165) is 32.6 Å². The number of carbonyl (C=O) groups excluding carboxylic acids is 1. The van der Waals surface area contributed by atoms with Gasteiger partial charge in [-0.3, -0.25) is 9.69 Å². The molecule has 3 unspecified atom stereocenters. The summed E-state index contributed by atoms with van der Waals surface area (Å²) in [4.78, 5) is 16.9. The molecule has 5 nitrogen and oxygen atoms in total. The molecule has 3 rings (SSSR count).